The lowest BCUT2D eigenvalue weighted by Gasteiger charge is -1.96. The number of thioether (sulfide) groups is 1. The maximum absolute atomic E-state index is 5.29. The molecule has 1 unspecified atom stereocenters. The van der Waals surface area contributed by atoms with Gasteiger partial charge in [-0.2, -0.15) is 0 Å². The van der Waals surface area contributed by atoms with Gasteiger partial charge in [0.2, 0.25) is 0 Å². The van der Waals surface area contributed by atoms with E-state index in [1.165, 1.54) is 9.10 Å². The third-order valence-corrected chi connectivity index (χ3v) is 6.28. The number of hydrogen-bond donors (Lipinski definition) is 0. The molecule has 12 heavy (non-hydrogen) atoms. The molecule has 2 aliphatic heterocycles. The van der Waals surface area contributed by atoms with Gasteiger partial charge >= 0.3 is 0 Å². The van der Waals surface area contributed by atoms with E-state index < -0.39 is 0 Å². The number of hydrogen-bond acceptors (Lipinski definition) is 4. The molecule has 0 aromatic carbocycles. The molecule has 0 aromatic rings. The van der Waals surface area contributed by atoms with Gasteiger partial charge in [-0.15, -0.1) is 11.8 Å². The fraction of sp³-hybridized carbons (Fsp3) is 0.429. The molecular weight excluding hydrogens is 210 g/mol. The second kappa shape index (κ2) is 3.47. The highest BCUT2D eigenvalue weighted by Crippen LogP contribution is 2.51. The van der Waals surface area contributed by atoms with Crippen LogP contribution in [-0.4, -0.2) is 16.8 Å². The van der Waals surface area contributed by atoms with E-state index >= 15 is 0 Å². The Kier molecular flexibility index (Phi) is 2.52. The van der Waals surface area contributed by atoms with Crippen LogP contribution >= 0.6 is 32.4 Å². The minimum absolute atomic E-state index is 0.112. The van der Waals surface area contributed by atoms with Gasteiger partial charge in [0.15, 0.2) is 0 Å². The lowest BCUT2D eigenvalue weighted by Crippen LogP contribution is -2.04. The smallest absolute Gasteiger partial charge is 0.0988 e. The summed E-state index contributed by atoms with van der Waals surface area (Å²) in [5.74, 6) is 0. The summed E-state index contributed by atoms with van der Waals surface area (Å²) in [5, 5.41) is 4.02. The van der Waals surface area contributed by atoms with Crippen LogP contribution in [0.15, 0.2) is 15.5 Å². The first-order chi connectivity index (χ1) is 5.85. The normalized spacial score (nSPS) is 26.5. The Morgan fingerprint density at radius 3 is 3.25 bits per heavy atom. The molecule has 2 heterocycles. The molecule has 0 aromatic heterocycles. The highest BCUT2D eigenvalue weighted by atomic mass is 33.1. The van der Waals surface area contributed by atoms with Crippen molar-refractivity contribution in [1.82, 2.24) is 0 Å². The lowest BCUT2D eigenvalue weighted by atomic mass is 10.2. The third kappa shape index (κ3) is 1.34. The van der Waals surface area contributed by atoms with Crippen molar-refractivity contribution >= 4 is 42.9 Å². The van der Waals surface area contributed by atoms with E-state index in [9.17, 15) is 0 Å². The van der Waals surface area contributed by atoms with Crippen LogP contribution in [0, 0.1) is 0 Å². The minimum Gasteiger partial charge on any atom is -0.319 e. The largest absolute Gasteiger partial charge is 0.319 e. The molecule has 2 aliphatic rings. The van der Waals surface area contributed by atoms with Crippen molar-refractivity contribution in [3.05, 3.63) is 10.3 Å². The van der Waals surface area contributed by atoms with E-state index in [1.54, 1.807) is 22.6 Å². The predicted molar refractivity (Wildman–Crippen MR) is 60.6 cm³/mol. The highest BCUT2D eigenvalue weighted by molar-refractivity contribution is 8.86. The van der Waals surface area contributed by atoms with Gasteiger partial charge in [0, 0.05) is 0 Å². The molecule has 0 spiro atoms. The summed E-state index contributed by atoms with van der Waals surface area (Å²) < 4.78 is 6.63. The van der Waals surface area contributed by atoms with E-state index in [4.69, 9.17) is 4.28 Å². The van der Waals surface area contributed by atoms with Crippen LogP contribution in [0.2, 0.25) is 0 Å². The molecule has 0 aliphatic carbocycles. The molecule has 0 N–H and O–H groups in total. The Labute approximate surface area is 82.3 Å². The zero-order valence-electron chi connectivity index (χ0n) is 6.86. The molecule has 0 fully saturated rings. The van der Waals surface area contributed by atoms with Gasteiger partial charge in [-0.25, -0.2) is 0 Å². The molecular formula is C7H9NOS3. The molecule has 1 atom stereocenters. The van der Waals surface area contributed by atoms with Crippen LogP contribution in [0.5, 0.6) is 0 Å². The van der Waals surface area contributed by atoms with E-state index in [0.29, 0.717) is 0 Å². The van der Waals surface area contributed by atoms with Gasteiger partial charge in [0.1, 0.15) is 0 Å². The average Bonchev–Trinajstić information content (AvgIpc) is 2.61. The van der Waals surface area contributed by atoms with E-state index in [1.807, 2.05) is 0 Å². The summed E-state index contributed by atoms with van der Waals surface area (Å²) >= 11 is 1.78. The van der Waals surface area contributed by atoms with Crippen LogP contribution in [0.25, 0.3) is 0 Å². The van der Waals surface area contributed by atoms with E-state index in [-0.39, 0.29) is 9.80 Å². The molecule has 0 radical (unpaired) electrons. The molecule has 0 saturated heterocycles. The van der Waals surface area contributed by atoms with Crippen LogP contribution in [0.1, 0.15) is 13.3 Å². The fourth-order valence-corrected chi connectivity index (χ4v) is 5.55. The van der Waals surface area contributed by atoms with Crippen molar-refractivity contribution < 1.29 is 4.28 Å². The summed E-state index contributed by atoms with van der Waals surface area (Å²) in [6.45, 7) is 2.11. The molecule has 0 saturated carbocycles. The first-order valence-electron chi connectivity index (χ1n) is 3.65. The van der Waals surface area contributed by atoms with Gasteiger partial charge in [0.05, 0.1) is 24.6 Å². The molecule has 0 bridgehead atoms. The first-order valence-corrected chi connectivity index (χ1v) is 7.36. The van der Waals surface area contributed by atoms with E-state index in [2.05, 4.69) is 24.4 Å². The molecule has 2 nitrogen and oxygen atoms in total. The van der Waals surface area contributed by atoms with Crippen LogP contribution in [0.4, 0.5) is 0 Å². The second-order valence-electron chi connectivity index (χ2n) is 2.32. The Balaban J connectivity index is 2.23. The number of allylic oxidation sites excluding steroid dienone is 1. The summed E-state index contributed by atoms with van der Waals surface area (Å²) in [5.41, 5.74) is 1.12. The summed E-state index contributed by atoms with van der Waals surface area (Å²) in [7, 11) is 1.67. The van der Waals surface area contributed by atoms with Gasteiger partial charge < -0.3 is 4.28 Å². The standard InChI is InChI=1S/C7H9NOS3/c1-3-5-6-4-7(10-2)11-12(6)9-8-5/h4H,3H2,1-2H3. The SMILES string of the molecule is CCC1=NOS2=C1C=C(SC)S2. The first kappa shape index (κ1) is 8.72. The van der Waals surface area contributed by atoms with Crippen molar-refractivity contribution in [1.29, 1.82) is 0 Å². The van der Waals surface area contributed by atoms with Crippen LogP contribution < -0.4 is 0 Å². The van der Waals surface area contributed by atoms with Gasteiger partial charge in [-0.05, 0) is 29.5 Å². The van der Waals surface area contributed by atoms with Crippen LogP contribution in [0.3, 0.4) is 0 Å². The third-order valence-electron chi connectivity index (χ3n) is 1.62. The van der Waals surface area contributed by atoms with Crippen molar-refractivity contribution in [3.8, 4) is 0 Å². The van der Waals surface area contributed by atoms with Gasteiger partial charge in [0.25, 0.3) is 0 Å². The molecule has 5 heteroatoms. The zero-order chi connectivity index (χ0) is 8.55. The second-order valence-corrected chi connectivity index (χ2v) is 6.50. The Bertz CT molecular complexity index is 306. The number of nitrogens with zero attached hydrogens (tertiary/aromatic N) is 1. The maximum Gasteiger partial charge on any atom is 0.0988 e. The molecule has 0 amide bonds. The monoisotopic (exact) mass is 219 g/mol. The molecule has 2 rings (SSSR count). The highest BCUT2D eigenvalue weighted by Gasteiger charge is 2.25. The summed E-state index contributed by atoms with van der Waals surface area (Å²) in [6, 6.07) is 0. The Morgan fingerprint density at radius 2 is 2.58 bits per heavy atom. The lowest BCUT2D eigenvalue weighted by molar-refractivity contribution is 0.414. The van der Waals surface area contributed by atoms with Crippen molar-refractivity contribution in [2.45, 2.75) is 13.3 Å². The Morgan fingerprint density at radius 1 is 1.75 bits per heavy atom. The quantitative estimate of drug-likeness (QED) is 0.526. The molecule has 66 valence electrons. The van der Waals surface area contributed by atoms with Crippen LogP contribution in [-0.2, 0) is 4.28 Å². The van der Waals surface area contributed by atoms with Gasteiger partial charge in [-0.1, -0.05) is 12.1 Å². The summed E-state index contributed by atoms with van der Waals surface area (Å²) in [6.07, 6.45) is 5.26. The Hall–Kier alpha value is 0.130. The van der Waals surface area contributed by atoms with Crippen molar-refractivity contribution in [2.24, 2.45) is 5.16 Å². The summed E-state index contributed by atoms with van der Waals surface area (Å²) in [4.78, 5) is 1.30. The predicted octanol–water partition coefficient (Wildman–Crippen LogP) is 3.01. The average molecular weight is 219 g/mol. The van der Waals surface area contributed by atoms with Crippen molar-refractivity contribution in [3.63, 3.8) is 0 Å². The van der Waals surface area contributed by atoms with E-state index in [0.717, 1.165) is 12.1 Å². The number of oxime groups is 1. The zero-order valence-corrected chi connectivity index (χ0v) is 9.31. The fourth-order valence-electron chi connectivity index (χ4n) is 0.989. The number of rotatable bonds is 2. The minimum atomic E-state index is -0.112. The maximum atomic E-state index is 5.29. The topological polar surface area (TPSA) is 21.6 Å². The van der Waals surface area contributed by atoms with Gasteiger partial charge in [-0.3, -0.25) is 0 Å². The van der Waals surface area contributed by atoms with Crippen molar-refractivity contribution in [2.75, 3.05) is 6.26 Å².